The molecule has 1 aliphatic rings. The Hall–Kier alpha value is -1.55. The first-order valence-corrected chi connectivity index (χ1v) is 5.40. The zero-order chi connectivity index (χ0) is 11.7. The van der Waals surface area contributed by atoms with Crippen LogP contribution in [0.4, 0.5) is 5.69 Å². The fourth-order valence-electron chi connectivity index (χ4n) is 1.68. The van der Waals surface area contributed by atoms with Crippen molar-refractivity contribution in [3.63, 3.8) is 0 Å². The van der Waals surface area contributed by atoms with Crippen LogP contribution in [0, 0.1) is 19.8 Å². The Kier molecular flexibility index (Phi) is 2.83. The average molecular weight is 220 g/mol. The second-order valence-corrected chi connectivity index (χ2v) is 4.25. The molecule has 1 saturated heterocycles. The van der Waals surface area contributed by atoms with Crippen molar-refractivity contribution in [2.45, 2.75) is 13.8 Å². The van der Waals surface area contributed by atoms with Crippen molar-refractivity contribution in [1.29, 1.82) is 0 Å². The molecule has 1 aliphatic heterocycles. The third-order valence-corrected chi connectivity index (χ3v) is 3.04. The summed E-state index contributed by atoms with van der Waals surface area (Å²) < 4.78 is 0. The monoisotopic (exact) mass is 220 g/mol. The molecule has 3 N–H and O–H groups in total. The molecule has 1 amide bonds. The van der Waals surface area contributed by atoms with Gasteiger partial charge in [0.2, 0.25) is 5.91 Å². The predicted octanol–water partition coefficient (Wildman–Crippen LogP) is 1.17. The summed E-state index contributed by atoms with van der Waals surface area (Å²) in [4.78, 5) is 11.7. The van der Waals surface area contributed by atoms with Crippen LogP contribution in [0.15, 0.2) is 12.1 Å². The van der Waals surface area contributed by atoms with Gasteiger partial charge in [0.15, 0.2) is 0 Å². The van der Waals surface area contributed by atoms with Crippen LogP contribution in [0.2, 0.25) is 0 Å². The van der Waals surface area contributed by atoms with Gasteiger partial charge in [0.25, 0.3) is 0 Å². The van der Waals surface area contributed by atoms with E-state index in [0.717, 1.165) is 24.2 Å². The fraction of sp³-hybridized carbons (Fsp3) is 0.417. The van der Waals surface area contributed by atoms with Gasteiger partial charge in [-0.3, -0.25) is 4.79 Å². The number of aryl methyl sites for hydroxylation is 1. The molecule has 0 aromatic heterocycles. The minimum Gasteiger partial charge on any atom is -0.507 e. The van der Waals surface area contributed by atoms with Crippen molar-refractivity contribution in [3.05, 3.63) is 23.3 Å². The van der Waals surface area contributed by atoms with E-state index in [9.17, 15) is 9.90 Å². The molecule has 1 heterocycles. The molecule has 4 nitrogen and oxygen atoms in total. The minimum atomic E-state index is 0.0186. The summed E-state index contributed by atoms with van der Waals surface area (Å²) in [5.74, 6) is 0.331. The number of benzene rings is 1. The molecule has 4 heteroatoms. The van der Waals surface area contributed by atoms with Crippen LogP contribution in [-0.4, -0.2) is 24.1 Å². The number of carbonyl (C=O) groups is 1. The number of aromatic hydroxyl groups is 1. The molecule has 1 fully saturated rings. The molecule has 0 radical (unpaired) electrons. The summed E-state index contributed by atoms with van der Waals surface area (Å²) >= 11 is 0. The van der Waals surface area contributed by atoms with Gasteiger partial charge in [-0.1, -0.05) is 6.07 Å². The quantitative estimate of drug-likeness (QED) is 0.701. The number of rotatable bonds is 2. The molecule has 86 valence electrons. The largest absolute Gasteiger partial charge is 0.507 e. The lowest BCUT2D eigenvalue weighted by Crippen LogP contribution is -2.48. The molecule has 0 saturated carbocycles. The van der Waals surface area contributed by atoms with Crippen molar-refractivity contribution in [3.8, 4) is 5.75 Å². The smallest absolute Gasteiger partial charge is 0.230 e. The number of carbonyl (C=O) groups excluding carboxylic acids is 1. The van der Waals surface area contributed by atoms with Crippen LogP contribution in [0.25, 0.3) is 0 Å². The third kappa shape index (κ3) is 1.88. The molecular weight excluding hydrogens is 204 g/mol. The van der Waals surface area contributed by atoms with Gasteiger partial charge in [0.05, 0.1) is 5.92 Å². The summed E-state index contributed by atoms with van der Waals surface area (Å²) in [6.45, 7) is 5.12. The number of hydrogen-bond donors (Lipinski definition) is 3. The van der Waals surface area contributed by atoms with Crippen molar-refractivity contribution >= 4 is 11.6 Å². The molecule has 0 aliphatic carbocycles. The molecular formula is C12H16N2O2. The summed E-state index contributed by atoms with van der Waals surface area (Å²) in [5.41, 5.74) is 2.24. The van der Waals surface area contributed by atoms with Crippen LogP contribution in [0.5, 0.6) is 5.75 Å². The Morgan fingerprint density at radius 2 is 2.12 bits per heavy atom. The predicted molar refractivity (Wildman–Crippen MR) is 62.6 cm³/mol. The number of anilines is 1. The molecule has 0 atom stereocenters. The highest BCUT2D eigenvalue weighted by Gasteiger charge is 2.25. The Bertz CT molecular complexity index is 425. The number of amides is 1. The first-order valence-electron chi connectivity index (χ1n) is 5.40. The van der Waals surface area contributed by atoms with Gasteiger partial charge >= 0.3 is 0 Å². The van der Waals surface area contributed by atoms with E-state index in [2.05, 4.69) is 10.6 Å². The average Bonchev–Trinajstić information content (AvgIpc) is 2.16. The Labute approximate surface area is 94.7 Å². The van der Waals surface area contributed by atoms with E-state index in [0.29, 0.717) is 5.69 Å². The Morgan fingerprint density at radius 1 is 1.44 bits per heavy atom. The normalized spacial score (nSPS) is 15.6. The zero-order valence-corrected chi connectivity index (χ0v) is 9.50. The highest BCUT2D eigenvalue weighted by Crippen LogP contribution is 2.28. The lowest BCUT2D eigenvalue weighted by atomic mass is 10.0. The Morgan fingerprint density at radius 3 is 2.69 bits per heavy atom. The first kappa shape index (κ1) is 11.0. The van der Waals surface area contributed by atoms with Crippen LogP contribution in [0.3, 0.4) is 0 Å². The van der Waals surface area contributed by atoms with Crippen LogP contribution >= 0.6 is 0 Å². The van der Waals surface area contributed by atoms with Crippen LogP contribution in [0.1, 0.15) is 11.1 Å². The van der Waals surface area contributed by atoms with E-state index >= 15 is 0 Å². The molecule has 1 aromatic rings. The summed E-state index contributed by atoms with van der Waals surface area (Å²) in [6.07, 6.45) is 0. The van der Waals surface area contributed by atoms with E-state index in [-0.39, 0.29) is 17.6 Å². The molecule has 0 spiro atoms. The van der Waals surface area contributed by atoms with E-state index in [1.165, 1.54) is 0 Å². The lowest BCUT2D eigenvalue weighted by molar-refractivity contribution is -0.121. The third-order valence-electron chi connectivity index (χ3n) is 3.04. The lowest BCUT2D eigenvalue weighted by Gasteiger charge is -2.26. The highest BCUT2D eigenvalue weighted by atomic mass is 16.3. The van der Waals surface area contributed by atoms with Gasteiger partial charge in [0, 0.05) is 24.3 Å². The summed E-state index contributed by atoms with van der Waals surface area (Å²) in [6, 6.07) is 3.63. The van der Waals surface area contributed by atoms with Gasteiger partial charge in [-0.05, 0) is 25.5 Å². The first-order chi connectivity index (χ1) is 7.59. The van der Waals surface area contributed by atoms with Crippen LogP contribution < -0.4 is 10.6 Å². The van der Waals surface area contributed by atoms with Crippen LogP contribution in [-0.2, 0) is 4.79 Å². The molecule has 0 bridgehead atoms. The Balaban J connectivity index is 2.15. The molecule has 2 rings (SSSR count). The number of nitrogens with one attached hydrogen (secondary N) is 2. The van der Waals surface area contributed by atoms with E-state index in [4.69, 9.17) is 0 Å². The van der Waals surface area contributed by atoms with E-state index < -0.39 is 0 Å². The van der Waals surface area contributed by atoms with Gasteiger partial charge in [-0.2, -0.15) is 0 Å². The number of hydrogen-bond acceptors (Lipinski definition) is 3. The van der Waals surface area contributed by atoms with Crippen molar-refractivity contribution in [1.82, 2.24) is 5.32 Å². The fourth-order valence-corrected chi connectivity index (χ4v) is 1.68. The number of phenolic OH excluding ortho intramolecular Hbond substituents is 1. The van der Waals surface area contributed by atoms with E-state index in [1.807, 2.05) is 13.0 Å². The SMILES string of the molecule is Cc1ccc(NC(=O)C2CNC2)c(C)c1O. The van der Waals surface area contributed by atoms with Gasteiger partial charge in [0.1, 0.15) is 5.75 Å². The van der Waals surface area contributed by atoms with Crippen molar-refractivity contribution < 1.29 is 9.90 Å². The van der Waals surface area contributed by atoms with Crippen molar-refractivity contribution in [2.75, 3.05) is 18.4 Å². The maximum Gasteiger partial charge on any atom is 0.230 e. The minimum absolute atomic E-state index is 0.0186. The molecule has 0 unspecified atom stereocenters. The van der Waals surface area contributed by atoms with Gasteiger partial charge in [-0.25, -0.2) is 0 Å². The highest BCUT2D eigenvalue weighted by molar-refractivity contribution is 5.94. The maximum absolute atomic E-state index is 11.7. The maximum atomic E-state index is 11.7. The summed E-state index contributed by atoms with van der Waals surface area (Å²) in [7, 11) is 0. The van der Waals surface area contributed by atoms with E-state index in [1.54, 1.807) is 13.0 Å². The van der Waals surface area contributed by atoms with Gasteiger partial charge in [-0.15, -0.1) is 0 Å². The second kappa shape index (κ2) is 4.14. The van der Waals surface area contributed by atoms with Crippen molar-refractivity contribution in [2.24, 2.45) is 5.92 Å². The number of phenols is 1. The summed E-state index contributed by atoms with van der Waals surface area (Å²) in [5, 5.41) is 15.6. The topological polar surface area (TPSA) is 61.4 Å². The zero-order valence-electron chi connectivity index (χ0n) is 9.50. The second-order valence-electron chi connectivity index (χ2n) is 4.25. The van der Waals surface area contributed by atoms with Gasteiger partial charge < -0.3 is 15.7 Å². The standard InChI is InChI=1S/C12H16N2O2/c1-7-3-4-10(8(2)11(7)15)14-12(16)9-5-13-6-9/h3-4,9,13,15H,5-6H2,1-2H3,(H,14,16). The molecule has 1 aromatic carbocycles. The molecule has 16 heavy (non-hydrogen) atoms.